The Hall–Kier alpha value is -1.56. The van der Waals surface area contributed by atoms with E-state index in [1.807, 2.05) is 0 Å². The molecule has 14 atom stereocenters. The summed E-state index contributed by atoms with van der Waals surface area (Å²) in [4.78, 5) is 24.2. The normalized spacial score (nSPS) is 52.0. The molecule has 2 aliphatic heterocycles. The monoisotopic (exact) mass is 592 g/mol. The molecular weight excluding hydrogens is 544 g/mol. The number of carbonyl (C=O) groups is 2. The molecule has 0 amide bonds. The molecule has 4 saturated carbocycles. The van der Waals surface area contributed by atoms with Crippen molar-refractivity contribution in [3.63, 3.8) is 0 Å². The number of hydrogen-bond donors (Lipinski definition) is 3. The van der Waals surface area contributed by atoms with Crippen LogP contribution in [0.1, 0.15) is 79.1 Å². The second kappa shape index (κ2) is 10.8. The van der Waals surface area contributed by atoms with Crippen LogP contribution in [0.5, 0.6) is 0 Å². The van der Waals surface area contributed by atoms with Gasteiger partial charge in [-0.1, -0.05) is 13.8 Å². The molecule has 10 heteroatoms. The third-order valence-corrected chi connectivity index (χ3v) is 12.6. The Labute approximate surface area is 248 Å². The van der Waals surface area contributed by atoms with E-state index in [0.717, 1.165) is 50.5 Å². The third kappa shape index (κ3) is 4.58. The van der Waals surface area contributed by atoms with E-state index in [1.54, 1.807) is 6.92 Å². The summed E-state index contributed by atoms with van der Waals surface area (Å²) in [5.41, 5.74) is -0.720. The molecule has 0 aromatic heterocycles. The van der Waals surface area contributed by atoms with Crippen LogP contribution in [0, 0.1) is 34.5 Å². The zero-order valence-corrected chi connectivity index (χ0v) is 25.5. The van der Waals surface area contributed by atoms with Crippen LogP contribution in [-0.2, 0) is 33.3 Å². The van der Waals surface area contributed by atoms with Gasteiger partial charge in [-0.15, -0.1) is 0 Å². The Kier molecular flexibility index (Phi) is 7.84. The van der Waals surface area contributed by atoms with Crippen molar-refractivity contribution >= 4 is 11.9 Å². The van der Waals surface area contributed by atoms with E-state index in [0.29, 0.717) is 18.3 Å². The molecule has 0 bridgehead atoms. The number of cyclic esters (lactones) is 1. The Morgan fingerprint density at radius 3 is 2.50 bits per heavy atom. The van der Waals surface area contributed by atoms with Gasteiger partial charge in [0.25, 0.3) is 0 Å². The molecule has 0 aromatic carbocycles. The van der Waals surface area contributed by atoms with Crippen LogP contribution in [0.15, 0.2) is 11.6 Å². The van der Waals surface area contributed by atoms with E-state index in [1.165, 1.54) is 20.1 Å². The van der Waals surface area contributed by atoms with Crippen molar-refractivity contribution in [2.75, 3.05) is 13.7 Å². The summed E-state index contributed by atoms with van der Waals surface area (Å²) in [5.74, 6) is -0.234. The van der Waals surface area contributed by atoms with Crippen LogP contribution < -0.4 is 0 Å². The van der Waals surface area contributed by atoms with Crippen molar-refractivity contribution in [1.29, 1.82) is 0 Å². The van der Waals surface area contributed by atoms with Gasteiger partial charge in [0.05, 0.1) is 17.8 Å². The summed E-state index contributed by atoms with van der Waals surface area (Å²) in [6, 6.07) is 0. The lowest BCUT2D eigenvalue weighted by atomic mass is 9.43. The molecule has 5 fully saturated rings. The fraction of sp³-hybridized carbons (Fsp3) is 0.875. The summed E-state index contributed by atoms with van der Waals surface area (Å²) in [6.07, 6.45) is 3.36. The van der Waals surface area contributed by atoms with Crippen molar-refractivity contribution < 1.29 is 48.6 Å². The standard InChI is InChI=1S/C32H48O10/c1-16-26(35)28(38-5)27(36)29(40-16)42-20-8-10-30(3)19(13-20)6-7-22-21(30)9-11-31(4)25(18-12-24(34)39-15-18)23(41-17(2)33)14-32(22,31)37/h12,16,19-23,25-29,35-37H,6-11,13-15H2,1-5H3/t16-,19+,20+,21-,22-,23+,25-,26+,27-,28+,29+,30-,31+,32-/m1/s1. The van der Waals surface area contributed by atoms with Crippen LogP contribution in [0.4, 0.5) is 0 Å². The molecule has 6 aliphatic rings. The minimum Gasteiger partial charge on any atom is -0.462 e. The molecule has 0 aromatic rings. The van der Waals surface area contributed by atoms with Crippen LogP contribution in [0.2, 0.25) is 0 Å². The number of esters is 2. The second-order valence-corrected chi connectivity index (χ2v) is 14.5. The second-order valence-electron chi connectivity index (χ2n) is 14.5. The molecular formula is C32H48O10. The van der Waals surface area contributed by atoms with E-state index in [2.05, 4.69) is 13.8 Å². The van der Waals surface area contributed by atoms with Crippen molar-refractivity contribution in [3.05, 3.63) is 11.6 Å². The maximum absolute atomic E-state index is 12.7. The minimum atomic E-state index is -1.08. The molecule has 0 unspecified atom stereocenters. The molecule has 6 rings (SSSR count). The van der Waals surface area contributed by atoms with Gasteiger partial charge in [0, 0.05) is 37.9 Å². The average Bonchev–Trinajstić information content (AvgIpc) is 3.44. The number of aliphatic hydroxyl groups is 3. The number of fused-ring (bicyclic) bond motifs is 5. The molecule has 42 heavy (non-hydrogen) atoms. The number of carbonyl (C=O) groups excluding carboxylic acids is 2. The first-order chi connectivity index (χ1) is 19.8. The summed E-state index contributed by atoms with van der Waals surface area (Å²) >= 11 is 0. The summed E-state index contributed by atoms with van der Waals surface area (Å²) < 4.78 is 28.7. The average molecular weight is 593 g/mol. The van der Waals surface area contributed by atoms with Gasteiger partial charge in [-0.2, -0.15) is 0 Å². The largest absolute Gasteiger partial charge is 0.462 e. The molecule has 1 saturated heterocycles. The first-order valence-electron chi connectivity index (χ1n) is 15.8. The SMILES string of the molecule is CO[C@H]1[C@@H](O)[C@@H](C)O[C@@H](O[C@H]2CC[C@]3(C)[C@@H](CC[C@@H]4[C@H]3CC[C@@]3(C)[C@H](C5=CC(=O)OC5)[C@@H](OC(C)=O)C[C@@]43O)C2)[C@@H]1O. The fourth-order valence-electron chi connectivity index (χ4n) is 10.4. The first-order valence-corrected chi connectivity index (χ1v) is 15.8. The topological polar surface area (TPSA) is 141 Å². The number of rotatable bonds is 5. The maximum Gasteiger partial charge on any atom is 0.331 e. The predicted octanol–water partition coefficient (Wildman–Crippen LogP) is 2.65. The molecule has 3 N–H and O–H groups in total. The smallest absolute Gasteiger partial charge is 0.331 e. The summed E-state index contributed by atoms with van der Waals surface area (Å²) in [7, 11) is 1.47. The van der Waals surface area contributed by atoms with Gasteiger partial charge in [0.2, 0.25) is 0 Å². The van der Waals surface area contributed by atoms with E-state index in [4.69, 9.17) is 23.7 Å². The third-order valence-electron chi connectivity index (χ3n) is 12.6. The number of ether oxygens (including phenoxy) is 5. The Balaban J connectivity index is 1.20. The zero-order valence-electron chi connectivity index (χ0n) is 25.5. The van der Waals surface area contributed by atoms with Crippen molar-refractivity contribution in [2.45, 2.75) is 128 Å². The lowest BCUT2D eigenvalue weighted by Gasteiger charge is -2.63. The lowest BCUT2D eigenvalue weighted by Crippen LogP contribution is -2.62. The minimum absolute atomic E-state index is 0.0190. The highest BCUT2D eigenvalue weighted by Gasteiger charge is 2.71. The van der Waals surface area contributed by atoms with Gasteiger partial charge in [0.15, 0.2) is 6.29 Å². The van der Waals surface area contributed by atoms with E-state index >= 15 is 0 Å². The van der Waals surface area contributed by atoms with E-state index in [-0.39, 0.29) is 41.9 Å². The van der Waals surface area contributed by atoms with E-state index in [9.17, 15) is 24.9 Å². The van der Waals surface area contributed by atoms with Gasteiger partial charge in [-0.3, -0.25) is 4.79 Å². The zero-order chi connectivity index (χ0) is 30.2. The maximum atomic E-state index is 12.7. The quantitative estimate of drug-likeness (QED) is 0.322. The van der Waals surface area contributed by atoms with Crippen molar-refractivity contribution in [2.24, 2.45) is 34.5 Å². The highest BCUT2D eigenvalue weighted by atomic mass is 16.7. The summed E-state index contributed by atoms with van der Waals surface area (Å²) in [6.45, 7) is 7.85. The summed E-state index contributed by atoms with van der Waals surface area (Å²) in [5, 5.41) is 33.8. The molecule has 0 spiro atoms. The highest BCUT2D eigenvalue weighted by Crippen LogP contribution is 2.70. The van der Waals surface area contributed by atoms with Crippen LogP contribution >= 0.6 is 0 Å². The Morgan fingerprint density at radius 1 is 1.07 bits per heavy atom. The van der Waals surface area contributed by atoms with Crippen LogP contribution in [0.3, 0.4) is 0 Å². The molecule has 0 radical (unpaired) electrons. The fourth-order valence-corrected chi connectivity index (χ4v) is 10.4. The van der Waals surface area contributed by atoms with Gasteiger partial charge < -0.3 is 39.0 Å². The molecule has 2 heterocycles. The first kappa shape index (κ1) is 30.5. The number of methoxy groups -OCH3 is 1. The van der Waals surface area contributed by atoms with Crippen LogP contribution in [-0.4, -0.2) is 89.5 Å². The van der Waals surface area contributed by atoms with Gasteiger partial charge in [0.1, 0.15) is 31.0 Å². The highest BCUT2D eigenvalue weighted by molar-refractivity contribution is 5.85. The van der Waals surface area contributed by atoms with Gasteiger partial charge >= 0.3 is 11.9 Å². The predicted molar refractivity (Wildman–Crippen MR) is 149 cm³/mol. The van der Waals surface area contributed by atoms with Crippen molar-refractivity contribution in [3.8, 4) is 0 Å². The number of hydrogen-bond acceptors (Lipinski definition) is 10. The lowest BCUT2D eigenvalue weighted by molar-refractivity contribution is -0.313. The van der Waals surface area contributed by atoms with Crippen LogP contribution in [0.25, 0.3) is 0 Å². The van der Waals surface area contributed by atoms with Crippen molar-refractivity contribution in [1.82, 2.24) is 0 Å². The Morgan fingerprint density at radius 2 is 1.83 bits per heavy atom. The molecule has 10 nitrogen and oxygen atoms in total. The van der Waals surface area contributed by atoms with E-state index < -0.39 is 47.8 Å². The molecule has 4 aliphatic carbocycles. The van der Waals surface area contributed by atoms with Gasteiger partial charge in [-0.05, 0) is 80.6 Å². The Bertz CT molecular complexity index is 1110. The molecule has 236 valence electrons. The van der Waals surface area contributed by atoms with Gasteiger partial charge in [-0.25, -0.2) is 4.79 Å². The number of aliphatic hydroxyl groups excluding tert-OH is 2.